The molecule has 0 atom stereocenters. The standard InChI is InChI=1S/C18H15FN2OS/c1-11-6-7-12(2)15(8-11)17(22)21-18-20-16(10-23-18)13-4-3-5-14(19)9-13/h3-10H,1-2H3,(H,20,21,22). The van der Waals surface area contributed by atoms with Crippen molar-refractivity contribution in [3.63, 3.8) is 0 Å². The van der Waals surface area contributed by atoms with E-state index < -0.39 is 0 Å². The van der Waals surface area contributed by atoms with Gasteiger partial charge in [0, 0.05) is 16.5 Å². The molecule has 3 rings (SSSR count). The van der Waals surface area contributed by atoms with E-state index in [0.29, 0.717) is 22.0 Å². The fourth-order valence-corrected chi connectivity index (χ4v) is 2.97. The molecule has 0 saturated carbocycles. The monoisotopic (exact) mass is 326 g/mol. The fourth-order valence-electron chi connectivity index (χ4n) is 2.26. The van der Waals surface area contributed by atoms with Crippen molar-refractivity contribution in [1.29, 1.82) is 0 Å². The van der Waals surface area contributed by atoms with E-state index in [9.17, 15) is 9.18 Å². The van der Waals surface area contributed by atoms with Crippen molar-refractivity contribution in [3.05, 3.63) is 70.4 Å². The first-order valence-corrected chi connectivity index (χ1v) is 8.01. The highest BCUT2D eigenvalue weighted by atomic mass is 32.1. The first-order valence-electron chi connectivity index (χ1n) is 7.13. The summed E-state index contributed by atoms with van der Waals surface area (Å²) in [6.45, 7) is 3.84. The topological polar surface area (TPSA) is 42.0 Å². The van der Waals surface area contributed by atoms with Crippen molar-refractivity contribution in [3.8, 4) is 11.3 Å². The molecular formula is C18H15FN2OS. The van der Waals surface area contributed by atoms with Gasteiger partial charge in [-0.25, -0.2) is 9.37 Å². The third-order valence-electron chi connectivity index (χ3n) is 3.48. The molecule has 3 aromatic rings. The van der Waals surface area contributed by atoms with Crippen LogP contribution >= 0.6 is 11.3 Å². The van der Waals surface area contributed by atoms with Gasteiger partial charge in [0.15, 0.2) is 5.13 Å². The Hall–Kier alpha value is -2.53. The number of rotatable bonds is 3. The molecule has 0 radical (unpaired) electrons. The molecule has 0 aliphatic rings. The number of thiazole rings is 1. The van der Waals surface area contributed by atoms with Crippen LogP contribution in [0, 0.1) is 19.7 Å². The number of hydrogen-bond acceptors (Lipinski definition) is 3. The van der Waals surface area contributed by atoms with Crippen molar-refractivity contribution in [1.82, 2.24) is 4.98 Å². The Morgan fingerprint density at radius 1 is 1.17 bits per heavy atom. The van der Waals surface area contributed by atoms with Gasteiger partial charge >= 0.3 is 0 Å². The van der Waals surface area contributed by atoms with E-state index in [0.717, 1.165) is 11.1 Å². The number of hydrogen-bond donors (Lipinski definition) is 1. The lowest BCUT2D eigenvalue weighted by Gasteiger charge is -2.06. The highest BCUT2D eigenvalue weighted by Gasteiger charge is 2.12. The van der Waals surface area contributed by atoms with Crippen molar-refractivity contribution < 1.29 is 9.18 Å². The first-order chi connectivity index (χ1) is 11.0. The number of nitrogens with zero attached hydrogens (tertiary/aromatic N) is 1. The van der Waals surface area contributed by atoms with Crippen LogP contribution in [0.15, 0.2) is 47.8 Å². The molecule has 0 fully saturated rings. The summed E-state index contributed by atoms with van der Waals surface area (Å²) >= 11 is 1.32. The molecule has 0 aliphatic carbocycles. The van der Waals surface area contributed by atoms with E-state index in [4.69, 9.17) is 0 Å². The van der Waals surface area contributed by atoms with E-state index >= 15 is 0 Å². The van der Waals surface area contributed by atoms with Gasteiger partial charge < -0.3 is 0 Å². The zero-order valence-electron chi connectivity index (χ0n) is 12.8. The van der Waals surface area contributed by atoms with E-state index in [1.54, 1.807) is 17.5 Å². The first kappa shape index (κ1) is 15.4. The van der Waals surface area contributed by atoms with Gasteiger partial charge in [-0.2, -0.15) is 0 Å². The second-order valence-electron chi connectivity index (χ2n) is 5.32. The minimum atomic E-state index is -0.309. The lowest BCUT2D eigenvalue weighted by atomic mass is 10.1. The van der Waals surface area contributed by atoms with Gasteiger partial charge in [-0.15, -0.1) is 11.3 Å². The molecule has 0 unspecified atom stereocenters. The molecule has 0 bridgehead atoms. The van der Waals surface area contributed by atoms with Gasteiger partial charge in [0.1, 0.15) is 5.82 Å². The Kier molecular flexibility index (Phi) is 4.21. The SMILES string of the molecule is Cc1ccc(C)c(C(=O)Nc2nc(-c3cccc(F)c3)cs2)c1. The number of nitrogens with one attached hydrogen (secondary N) is 1. The van der Waals surface area contributed by atoms with Crippen LogP contribution in [0.5, 0.6) is 0 Å². The van der Waals surface area contributed by atoms with E-state index in [1.165, 1.54) is 23.5 Å². The van der Waals surface area contributed by atoms with Gasteiger partial charge in [-0.1, -0.05) is 29.8 Å². The van der Waals surface area contributed by atoms with E-state index in [-0.39, 0.29) is 11.7 Å². The molecule has 116 valence electrons. The van der Waals surface area contributed by atoms with Crippen LogP contribution < -0.4 is 5.32 Å². The summed E-state index contributed by atoms with van der Waals surface area (Å²) in [5.74, 6) is -0.497. The van der Waals surface area contributed by atoms with Crippen molar-refractivity contribution in [2.45, 2.75) is 13.8 Å². The van der Waals surface area contributed by atoms with Crippen LogP contribution in [-0.4, -0.2) is 10.9 Å². The van der Waals surface area contributed by atoms with Gasteiger partial charge in [-0.05, 0) is 37.6 Å². The third kappa shape index (κ3) is 3.46. The largest absolute Gasteiger partial charge is 0.298 e. The highest BCUT2D eigenvalue weighted by molar-refractivity contribution is 7.14. The maximum atomic E-state index is 13.3. The Morgan fingerprint density at radius 2 is 2.00 bits per heavy atom. The lowest BCUT2D eigenvalue weighted by Crippen LogP contribution is -2.13. The van der Waals surface area contributed by atoms with Gasteiger partial charge in [-0.3, -0.25) is 10.1 Å². The minimum absolute atomic E-state index is 0.189. The predicted molar refractivity (Wildman–Crippen MR) is 91.4 cm³/mol. The molecule has 1 heterocycles. The summed E-state index contributed by atoms with van der Waals surface area (Å²) in [5.41, 5.74) is 3.90. The fraction of sp³-hybridized carbons (Fsp3) is 0.111. The Balaban J connectivity index is 1.81. The third-order valence-corrected chi connectivity index (χ3v) is 4.24. The molecular weight excluding hydrogens is 311 g/mol. The van der Waals surface area contributed by atoms with Crippen LogP contribution in [-0.2, 0) is 0 Å². The summed E-state index contributed by atoms with van der Waals surface area (Å²) < 4.78 is 13.3. The Bertz CT molecular complexity index is 873. The van der Waals surface area contributed by atoms with Gasteiger partial charge in [0.2, 0.25) is 0 Å². The van der Waals surface area contributed by atoms with Gasteiger partial charge in [0.05, 0.1) is 5.69 Å². The summed E-state index contributed by atoms with van der Waals surface area (Å²) in [5, 5.41) is 5.10. The van der Waals surface area contributed by atoms with Crippen molar-refractivity contribution in [2.75, 3.05) is 5.32 Å². The number of aryl methyl sites for hydroxylation is 2. The molecule has 23 heavy (non-hydrogen) atoms. The van der Waals surface area contributed by atoms with Crippen LogP contribution in [0.2, 0.25) is 0 Å². The number of aromatic nitrogens is 1. The second kappa shape index (κ2) is 6.30. The van der Waals surface area contributed by atoms with Crippen LogP contribution in [0.25, 0.3) is 11.3 Å². The van der Waals surface area contributed by atoms with Crippen molar-refractivity contribution >= 4 is 22.4 Å². The summed E-state index contributed by atoms with van der Waals surface area (Å²) in [7, 11) is 0. The van der Waals surface area contributed by atoms with Crippen LogP contribution in [0.4, 0.5) is 9.52 Å². The minimum Gasteiger partial charge on any atom is -0.298 e. The van der Waals surface area contributed by atoms with E-state index in [1.807, 2.05) is 32.0 Å². The zero-order valence-corrected chi connectivity index (χ0v) is 13.6. The number of anilines is 1. The number of amides is 1. The van der Waals surface area contributed by atoms with Gasteiger partial charge in [0.25, 0.3) is 5.91 Å². The normalized spacial score (nSPS) is 10.6. The summed E-state index contributed by atoms with van der Waals surface area (Å²) in [4.78, 5) is 16.7. The van der Waals surface area contributed by atoms with Crippen molar-refractivity contribution in [2.24, 2.45) is 0 Å². The predicted octanol–water partition coefficient (Wildman–Crippen LogP) is 4.82. The molecule has 1 aromatic heterocycles. The van der Waals surface area contributed by atoms with Crippen LogP contribution in [0.3, 0.4) is 0 Å². The molecule has 2 aromatic carbocycles. The van der Waals surface area contributed by atoms with E-state index in [2.05, 4.69) is 10.3 Å². The molecule has 3 nitrogen and oxygen atoms in total. The number of carbonyl (C=O) groups is 1. The van der Waals surface area contributed by atoms with Crippen LogP contribution in [0.1, 0.15) is 21.5 Å². The molecule has 1 amide bonds. The summed E-state index contributed by atoms with van der Waals surface area (Å²) in [6.07, 6.45) is 0. The number of benzene rings is 2. The molecule has 0 spiro atoms. The quantitative estimate of drug-likeness (QED) is 0.750. The Morgan fingerprint density at radius 3 is 2.78 bits per heavy atom. The zero-order chi connectivity index (χ0) is 16.4. The lowest BCUT2D eigenvalue weighted by molar-refractivity contribution is 0.102. The molecule has 5 heteroatoms. The Labute approximate surface area is 137 Å². The summed E-state index contributed by atoms with van der Waals surface area (Å²) in [6, 6.07) is 12.0. The maximum absolute atomic E-state index is 13.3. The smallest absolute Gasteiger partial charge is 0.257 e. The average molecular weight is 326 g/mol. The molecule has 0 saturated heterocycles. The molecule has 0 aliphatic heterocycles. The second-order valence-corrected chi connectivity index (χ2v) is 6.18. The number of carbonyl (C=O) groups excluding carboxylic acids is 1. The number of halogens is 1. The highest BCUT2D eigenvalue weighted by Crippen LogP contribution is 2.26. The molecule has 1 N–H and O–H groups in total. The average Bonchev–Trinajstić information content (AvgIpc) is 2.98. The maximum Gasteiger partial charge on any atom is 0.257 e.